The van der Waals surface area contributed by atoms with Crippen LogP contribution in [0.15, 0.2) is 18.5 Å². The Balaban J connectivity index is 1.40. The van der Waals surface area contributed by atoms with Crippen molar-refractivity contribution in [1.29, 1.82) is 0 Å². The normalized spacial score (nSPS) is 20.0. The largest absolute Gasteiger partial charge is 0.447 e. The third kappa shape index (κ3) is 3.46. The number of rotatable bonds is 4. The number of hydrogen-bond donors (Lipinski definition) is 2. The molecule has 124 valence electrons. The van der Waals surface area contributed by atoms with Crippen LogP contribution < -0.4 is 10.6 Å². The van der Waals surface area contributed by atoms with Gasteiger partial charge in [-0.05, 0) is 18.6 Å². The number of cyclic esters (lactones) is 1. The zero-order valence-corrected chi connectivity index (χ0v) is 13.1. The molecule has 1 atom stereocenters. The van der Waals surface area contributed by atoms with E-state index in [4.69, 9.17) is 4.74 Å². The lowest BCUT2D eigenvalue weighted by Crippen LogP contribution is -2.56. The molecule has 3 amide bonds. The summed E-state index contributed by atoms with van der Waals surface area (Å²) >= 11 is 0. The molecular weight excluding hydrogens is 298 g/mol. The number of anilines is 1. The van der Waals surface area contributed by atoms with Crippen molar-refractivity contribution in [3.8, 4) is 0 Å². The van der Waals surface area contributed by atoms with E-state index in [2.05, 4.69) is 15.6 Å². The molecule has 2 aliphatic heterocycles. The summed E-state index contributed by atoms with van der Waals surface area (Å²) in [5.41, 5.74) is 2.09. The summed E-state index contributed by atoms with van der Waals surface area (Å²) in [6, 6.07) is 1.80. The van der Waals surface area contributed by atoms with Crippen molar-refractivity contribution >= 4 is 17.8 Å². The minimum atomic E-state index is -0.271. The molecule has 1 aromatic heterocycles. The lowest BCUT2D eigenvalue weighted by molar-refractivity contribution is 0.127. The average Bonchev–Trinajstić information content (AvgIpc) is 2.93. The van der Waals surface area contributed by atoms with Gasteiger partial charge in [0, 0.05) is 50.8 Å². The Kier molecular flexibility index (Phi) is 4.50. The molecule has 8 heteroatoms. The van der Waals surface area contributed by atoms with E-state index in [0.717, 1.165) is 11.3 Å². The number of urea groups is 1. The van der Waals surface area contributed by atoms with Crippen LogP contribution in [-0.2, 0) is 4.74 Å². The molecule has 0 radical (unpaired) electrons. The number of nitrogens with one attached hydrogen (secondary N) is 2. The molecule has 0 spiro atoms. The number of aromatic nitrogens is 1. The van der Waals surface area contributed by atoms with Crippen molar-refractivity contribution in [2.75, 3.05) is 44.6 Å². The quantitative estimate of drug-likeness (QED) is 0.796. The number of aryl methyl sites for hydroxylation is 1. The molecule has 2 fully saturated rings. The van der Waals surface area contributed by atoms with Crippen molar-refractivity contribution in [3.63, 3.8) is 0 Å². The van der Waals surface area contributed by atoms with Gasteiger partial charge in [0.05, 0.1) is 6.04 Å². The number of piperazine rings is 1. The fraction of sp³-hybridized carbons (Fsp3) is 0.533. The second kappa shape index (κ2) is 6.72. The molecule has 2 saturated heterocycles. The van der Waals surface area contributed by atoms with Crippen molar-refractivity contribution in [1.82, 2.24) is 20.1 Å². The van der Waals surface area contributed by atoms with Crippen molar-refractivity contribution < 1.29 is 14.3 Å². The number of carbonyl (C=O) groups is 2. The lowest BCUT2D eigenvalue weighted by atomic mass is 10.2. The first-order valence-electron chi connectivity index (χ1n) is 7.76. The molecule has 8 nitrogen and oxygen atoms in total. The number of amides is 3. The van der Waals surface area contributed by atoms with Gasteiger partial charge in [-0.3, -0.25) is 9.88 Å². The molecule has 0 aliphatic carbocycles. The van der Waals surface area contributed by atoms with E-state index < -0.39 is 0 Å². The summed E-state index contributed by atoms with van der Waals surface area (Å²) in [6.45, 7) is 5.11. The van der Waals surface area contributed by atoms with Crippen LogP contribution in [0.2, 0.25) is 0 Å². The number of nitrogens with zero attached hydrogens (tertiary/aromatic N) is 3. The van der Waals surface area contributed by atoms with Crippen LogP contribution in [0.4, 0.5) is 15.3 Å². The predicted molar refractivity (Wildman–Crippen MR) is 84.3 cm³/mol. The standard InChI is InChI=1S/C15H21N5O3/c1-11-8-16-3-2-13(11)17-4-5-18-14(21)19-6-7-20-12(9-19)10-23-15(20)22/h2-3,8,12H,4-7,9-10H2,1H3,(H,16,17)(H,18,21). The summed E-state index contributed by atoms with van der Waals surface area (Å²) in [7, 11) is 0. The highest BCUT2D eigenvalue weighted by Gasteiger charge is 2.38. The van der Waals surface area contributed by atoms with E-state index in [1.165, 1.54) is 0 Å². The second-order valence-electron chi connectivity index (χ2n) is 5.72. The smallest absolute Gasteiger partial charge is 0.410 e. The first-order chi connectivity index (χ1) is 11.1. The first-order valence-corrected chi connectivity index (χ1v) is 7.76. The van der Waals surface area contributed by atoms with Gasteiger partial charge in [0.15, 0.2) is 0 Å². The van der Waals surface area contributed by atoms with Crippen LogP contribution in [0.1, 0.15) is 5.56 Å². The first kappa shape index (κ1) is 15.4. The topological polar surface area (TPSA) is 86.8 Å². The van der Waals surface area contributed by atoms with Crippen LogP contribution in [0.25, 0.3) is 0 Å². The second-order valence-corrected chi connectivity index (χ2v) is 5.72. The Morgan fingerprint density at radius 2 is 2.30 bits per heavy atom. The van der Waals surface area contributed by atoms with E-state index in [1.807, 2.05) is 13.0 Å². The maximum absolute atomic E-state index is 12.2. The highest BCUT2D eigenvalue weighted by Crippen LogP contribution is 2.17. The van der Waals surface area contributed by atoms with Gasteiger partial charge in [0.2, 0.25) is 0 Å². The molecule has 1 aromatic rings. The molecule has 2 N–H and O–H groups in total. The summed E-state index contributed by atoms with van der Waals surface area (Å²) < 4.78 is 5.00. The fourth-order valence-electron chi connectivity index (χ4n) is 2.82. The Morgan fingerprint density at radius 3 is 3.13 bits per heavy atom. The maximum atomic E-state index is 12.2. The number of hydrogen-bond acceptors (Lipinski definition) is 5. The van der Waals surface area contributed by atoms with Crippen LogP contribution >= 0.6 is 0 Å². The average molecular weight is 319 g/mol. The Bertz CT molecular complexity index is 594. The van der Waals surface area contributed by atoms with Crippen molar-refractivity contribution in [2.45, 2.75) is 13.0 Å². The Hall–Kier alpha value is -2.51. The van der Waals surface area contributed by atoms with Crippen LogP contribution in [0.3, 0.4) is 0 Å². The van der Waals surface area contributed by atoms with Crippen LogP contribution in [0.5, 0.6) is 0 Å². The van der Waals surface area contributed by atoms with Gasteiger partial charge in [0.1, 0.15) is 6.61 Å². The Morgan fingerprint density at radius 1 is 1.43 bits per heavy atom. The van der Waals surface area contributed by atoms with Crippen molar-refractivity contribution in [3.05, 3.63) is 24.0 Å². The van der Waals surface area contributed by atoms with Crippen LogP contribution in [0, 0.1) is 6.92 Å². The summed E-state index contributed by atoms with van der Waals surface area (Å²) in [5.74, 6) is 0. The maximum Gasteiger partial charge on any atom is 0.410 e. The molecule has 23 heavy (non-hydrogen) atoms. The van der Waals surface area contributed by atoms with Gasteiger partial charge >= 0.3 is 12.1 Å². The van der Waals surface area contributed by atoms with Crippen LogP contribution in [-0.4, -0.2) is 72.3 Å². The third-order valence-corrected chi connectivity index (χ3v) is 4.14. The molecule has 0 saturated carbocycles. The number of ether oxygens (including phenoxy) is 1. The minimum absolute atomic E-state index is 0.0143. The van der Waals surface area contributed by atoms with Gasteiger partial charge in [-0.2, -0.15) is 0 Å². The highest BCUT2D eigenvalue weighted by atomic mass is 16.6. The lowest BCUT2D eigenvalue weighted by Gasteiger charge is -2.35. The van der Waals surface area contributed by atoms with E-state index in [9.17, 15) is 9.59 Å². The van der Waals surface area contributed by atoms with E-state index in [-0.39, 0.29) is 18.2 Å². The van der Waals surface area contributed by atoms with Crippen molar-refractivity contribution in [2.24, 2.45) is 0 Å². The van der Waals surface area contributed by atoms with Gasteiger partial charge < -0.3 is 20.3 Å². The summed E-state index contributed by atoms with van der Waals surface area (Å²) in [4.78, 5) is 31.1. The highest BCUT2D eigenvalue weighted by molar-refractivity contribution is 5.75. The monoisotopic (exact) mass is 319 g/mol. The molecule has 1 unspecified atom stereocenters. The molecule has 3 rings (SSSR count). The third-order valence-electron chi connectivity index (χ3n) is 4.14. The Labute approximate surface area is 134 Å². The zero-order valence-electron chi connectivity index (χ0n) is 13.1. The zero-order chi connectivity index (χ0) is 16.2. The SMILES string of the molecule is Cc1cnccc1NCCNC(=O)N1CCN2C(=O)OCC2C1. The van der Waals surface area contributed by atoms with Gasteiger partial charge in [0.25, 0.3) is 0 Å². The number of carbonyl (C=O) groups excluding carboxylic acids is 2. The molecule has 0 aromatic carbocycles. The summed E-state index contributed by atoms with van der Waals surface area (Å²) in [6.07, 6.45) is 3.26. The van der Waals surface area contributed by atoms with E-state index in [1.54, 1.807) is 22.2 Å². The number of fused-ring (bicyclic) bond motifs is 1. The van der Waals surface area contributed by atoms with Gasteiger partial charge in [-0.1, -0.05) is 0 Å². The molecule has 0 bridgehead atoms. The number of pyridine rings is 1. The van der Waals surface area contributed by atoms with E-state index >= 15 is 0 Å². The molecule has 3 heterocycles. The van der Waals surface area contributed by atoms with E-state index in [0.29, 0.717) is 39.3 Å². The predicted octanol–water partition coefficient (Wildman–Crippen LogP) is 0.648. The fourth-order valence-corrected chi connectivity index (χ4v) is 2.82. The minimum Gasteiger partial charge on any atom is -0.447 e. The molecular formula is C15H21N5O3. The van der Waals surface area contributed by atoms with Gasteiger partial charge in [-0.25, -0.2) is 9.59 Å². The summed E-state index contributed by atoms with van der Waals surface area (Å²) in [5, 5.41) is 6.17. The van der Waals surface area contributed by atoms with Gasteiger partial charge in [-0.15, -0.1) is 0 Å². The molecule has 2 aliphatic rings.